The monoisotopic (exact) mass is 295 g/mol. The van der Waals surface area contributed by atoms with Crippen LogP contribution in [0.25, 0.3) is 0 Å². The molecule has 0 amide bonds. The van der Waals surface area contributed by atoms with Crippen LogP contribution in [0.5, 0.6) is 0 Å². The maximum absolute atomic E-state index is 12.2. The SMILES string of the molecule is CN(C)c1ccc(NS(=O)(=O)c2[nH]ncc2CN)cc1. The molecule has 0 atom stereocenters. The number of hydrogen-bond acceptors (Lipinski definition) is 5. The lowest BCUT2D eigenvalue weighted by Crippen LogP contribution is -2.16. The molecule has 0 spiro atoms. The van der Waals surface area contributed by atoms with Crippen molar-refractivity contribution in [2.75, 3.05) is 23.7 Å². The summed E-state index contributed by atoms with van der Waals surface area (Å²) in [5, 5.41) is 6.16. The zero-order valence-corrected chi connectivity index (χ0v) is 12.1. The number of aromatic amines is 1. The average Bonchev–Trinajstić information content (AvgIpc) is 2.88. The molecule has 0 aliphatic rings. The van der Waals surface area contributed by atoms with Gasteiger partial charge in [-0.15, -0.1) is 0 Å². The third-order valence-electron chi connectivity index (χ3n) is 2.80. The Morgan fingerprint density at radius 3 is 2.50 bits per heavy atom. The third kappa shape index (κ3) is 2.91. The van der Waals surface area contributed by atoms with Crippen molar-refractivity contribution in [1.29, 1.82) is 0 Å². The summed E-state index contributed by atoms with van der Waals surface area (Å²) in [7, 11) is 0.120. The van der Waals surface area contributed by atoms with E-state index in [2.05, 4.69) is 14.9 Å². The number of hydrogen-bond donors (Lipinski definition) is 3. The van der Waals surface area contributed by atoms with Gasteiger partial charge in [-0.3, -0.25) is 9.82 Å². The molecule has 0 aliphatic heterocycles. The van der Waals surface area contributed by atoms with Gasteiger partial charge in [0.1, 0.15) is 0 Å². The van der Waals surface area contributed by atoms with E-state index in [1.165, 1.54) is 6.20 Å². The third-order valence-corrected chi connectivity index (χ3v) is 4.20. The van der Waals surface area contributed by atoms with Crippen LogP contribution in [0, 0.1) is 0 Å². The van der Waals surface area contributed by atoms with Gasteiger partial charge in [-0.25, -0.2) is 0 Å². The first-order valence-corrected chi connectivity index (χ1v) is 7.45. The van der Waals surface area contributed by atoms with Crippen molar-refractivity contribution in [2.24, 2.45) is 5.73 Å². The average molecular weight is 295 g/mol. The lowest BCUT2D eigenvalue weighted by atomic mass is 10.3. The molecule has 2 rings (SSSR count). The summed E-state index contributed by atoms with van der Waals surface area (Å²) in [4.78, 5) is 1.93. The Bertz CT molecular complexity index is 676. The molecule has 1 heterocycles. The molecular formula is C12H17N5O2S. The largest absolute Gasteiger partial charge is 0.378 e. The first-order valence-electron chi connectivity index (χ1n) is 5.96. The van der Waals surface area contributed by atoms with Crippen LogP contribution in [0.3, 0.4) is 0 Å². The second-order valence-electron chi connectivity index (χ2n) is 4.48. The molecular weight excluding hydrogens is 278 g/mol. The quantitative estimate of drug-likeness (QED) is 0.754. The topological polar surface area (TPSA) is 104 Å². The van der Waals surface area contributed by atoms with Crippen LogP contribution in [0.4, 0.5) is 11.4 Å². The minimum Gasteiger partial charge on any atom is -0.378 e. The van der Waals surface area contributed by atoms with Gasteiger partial charge in [-0.1, -0.05) is 0 Å². The lowest BCUT2D eigenvalue weighted by Gasteiger charge is -2.13. The first-order chi connectivity index (χ1) is 9.44. The normalized spacial score (nSPS) is 11.3. The highest BCUT2D eigenvalue weighted by molar-refractivity contribution is 7.92. The van der Waals surface area contributed by atoms with E-state index in [0.717, 1.165) is 5.69 Å². The highest BCUT2D eigenvalue weighted by atomic mass is 32.2. The fraction of sp³-hybridized carbons (Fsp3) is 0.250. The van der Waals surface area contributed by atoms with Gasteiger partial charge in [0.15, 0.2) is 5.03 Å². The van der Waals surface area contributed by atoms with E-state index < -0.39 is 10.0 Å². The number of rotatable bonds is 5. The highest BCUT2D eigenvalue weighted by Crippen LogP contribution is 2.20. The lowest BCUT2D eigenvalue weighted by molar-refractivity contribution is 0.596. The molecule has 108 valence electrons. The smallest absolute Gasteiger partial charge is 0.279 e. The van der Waals surface area contributed by atoms with Crippen molar-refractivity contribution in [3.05, 3.63) is 36.0 Å². The Balaban J connectivity index is 2.24. The van der Waals surface area contributed by atoms with Crippen molar-refractivity contribution >= 4 is 21.4 Å². The van der Waals surface area contributed by atoms with Gasteiger partial charge in [0.2, 0.25) is 0 Å². The zero-order chi connectivity index (χ0) is 14.8. The van der Waals surface area contributed by atoms with Crippen LogP contribution in [-0.2, 0) is 16.6 Å². The Labute approximate surface area is 117 Å². The van der Waals surface area contributed by atoms with Crippen LogP contribution in [0.2, 0.25) is 0 Å². The van der Waals surface area contributed by atoms with Crippen LogP contribution >= 0.6 is 0 Å². The number of H-pyrrole nitrogens is 1. The summed E-state index contributed by atoms with van der Waals surface area (Å²) in [6.07, 6.45) is 1.41. The summed E-state index contributed by atoms with van der Waals surface area (Å²) in [6, 6.07) is 7.06. The fourth-order valence-corrected chi connectivity index (χ4v) is 2.91. The van der Waals surface area contributed by atoms with E-state index in [4.69, 9.17) is 5.73 Å². The van der Waals surface area contributed by atoms with Gasteiger partial charge in [0.05, 0.1) is 6.20 Å². The van der Waals surface area contributed by atoms with Gasteiger partial charge < -0.3 is 10.6 Å². The molecule has 1 aromatic carbocycles. The zero-order valence-electron chi connectivity index (χ0n) is 11.3. The molecule has 0 fully saturated rings. The van der Waals surface area contributed by atoms with Gasteiger partial charge in [0, 0.05) is 37.6 Å². The number of anilines is 2. The summed E-state index contributed by atoms with van der Waals surface area (Å²) in [5.74, 6) is 0. The van der Waals surface area contributed by atoms with Crippen molar-refractivity contribution in [2.45, 2.75) is 11.6 Å². The molecule has 20 heavy (non-hydrogen) atoms. The molecule has 0 saturated heterocycles. The van der Waals surface area contributed by atoms with E-state index in [-0.39, 0.29) is 11.6 Å². The van der Waals surface area contributed by atoms with Crippen molar-refractivity contribution in [3.8, 4) is 0 Å². The van der Waals surface area contributed by atoms with E-state index in [1.807, 2.05) is 31.1 Å². The Kier molecular flexibility index (Phi) is 3.96. The number of aromatic nitrogens is 2. The summed E-state index contributed by atoms with van der Waals surface area (Å²) >= 11 is 0. The molecule has 7 nitrogen and oxygen atoms in total. The van der Waals surface area contributed by atoms with Crippen LogP contribution in [-0.4, -0.2) is 32.7 Å². The van der Waals surface area contributed by atoms with E-state index in [1.54, 1.807) is 12.1 Å². The maximum Gasteiger partial charge on any atom is 0.279 e. The van der Waals surface area contributed by atoms with Gasteiger partial charge in [-0.05, 0) is 24.3 Å². The number of sulfonamides is 1. The number of benzene rings is 1. The second-order valence-corrected chi connectivity index (χ2v) is 6.09. The van der Waals surface area contributed by atoms with Crippen molar-refractivity contribution in [3.63, 3.8) is 0 Å². The van der Waals surface area contributed by atoms with Crippen LogP contribution in [0.1, 0.15) is 5.56 Å². The predicted octanol–water partition coefficient (Wildman–Crippen LogP) is 0.735. The standard InChI is InChI=1S/C12H17N5O2S/c1-17(2)11-5-3-10(4-6-11)16-20(18,19)12-9(7-13)8-14-15-12/h3-6,8,16H,7,13H2,1-2H3,(H,14,15). The number of nitrogens with one attached hydrogen (secondary N) is 2. The first kappa shape index (κ1) is 14.4. The molecule has 0 aliphatic carbocycles. The molecule has 4 N–H and O–H groups in total. The van der Waals surface area contributed by atoms with E-state index in [9.17, 15) is 8.42 Å². The van der Waals surface area contributed by atoms with E-state index in [0.29, 0.717) is 11.3 Å². The van der Waals surface area contributed by atoms with Crippen LogP contribution in [0.15, 0.2) is 35.5 Å². The van der Waals surface area contributed by atoms with Gasteiger partial charge in [0.25, 0.3) is 10.0 Å². The number of nitrogens with two attached hydrogens (primary N) is 1. The van der Waals surface area contributed by atoms with Gasteiger partial charge >= 0.3 is 0 Å². The second kappa shape index (κ2) is 5.51. The molecule has 1 aromatic heterocycles. The summed E-state index contributed by atoms with van der Waals surface area (Å²) in [6.45, 7) is 0.103. The van der Waals surface area contributed by atoms with Crippen molar-refractivity contribution < 1.29 is 8.42 Å². The Morgan fingerprint density at radius 2 is 1.95 bits per heavy atom. The molecule has 0 radical (unpaired) electrons. The minimum atomic E-state index is -3.71. The summed E-state index contributed by atoms with van der Waals surface area (Å²) < 4.78 is 26.9. The predicted molar refractivity (Wildman–Crippen MR) is 78.1 cm³/mol. The number of nitrogens with zero attached hydrogens (tertiary/aromatic N) is 2. The van der Waals surface area contributed by atoms with Gasteiger partial charge in [-0.2, -0.15) is 13.5 Å². The van der Waals surface area contributed by atoms with Crippen LogP contribution < -0.4 is 15.4 Å². The highest BCUT2D eigenvalue weighted by Gasteiger charge is 2.20. The minimum absolute atomic E-state index is 0.00307. The fourth-order valence-electron chi connectivity index (χ4n) is 1.71. The molecule has 2 aromatic rings. The maximum atomic E-state index is 12.2. The Hall–Kier alpha value is -2.06. The summed E-state index contributed by atoms with van der Waals surface area (Å²) in [5.41, 5.74) is 7.39. The van der Waals surface area contributed by atoms with Crippen molar-refractivity contribution in [1.82, 2.24) is 10.2 Å². The molecule has 0 unspecified atom stereocenters. The molecule has 0 saturated carbocycles. The molecule has 0 bridgehead atoms. The molecule has 8 heteroatoms. The Morgan fingerprint density at radius 1 is 1.30 bits per heavy atom. The van der Waals surface area contributed by atoms with E-state index >= 15 is 0 Å².